The van der Waals surface area contributed by atoms with Gasteiger partial charge in [0.15, 0.2) is 0 Å². The normalized spacial score (nSPS) is 10.1. The molecular weight excluding hydrogens is 402 g/mol. The molecule has 3 aromatic rings. The molecule has 0 radical (unpaired) electrons. The Morgan fingerprint density at radius 1 is 1.07 bits per heavy atom. The summed E-state index contributed by atoms with van der Waals surface area (Å²) in [5, 5.41) is 10.7. The Balaban J connectivity index is 0.00000320. The van der Waals surface area contributed by atoms with E-state index in [2.05, 4.69) is 20.9 Å². The third-order valence-electron chi connectivity index (χ3n) is 4.40. The van der Waals surface area contributed by atoms with Crippen LogP contribution in [0.3, 0.4) is 0 Å². The lowest BCUT2D eigenvalue weighted by atomic mass is 10.1. The number of carbonyl (C=O) groups excluding carboxylic acids is 2. The van der Waals surface area contributed by atoms with Crippen LogP contribution in [0.1, 0.15) is 12.5 Å². The Morgan fingerprint density at radius 3 is 2.57 bits per heavy atom. The maximum atomic E-state index is 12.0. The summed E-state index contributed by atoms with van der Waals surface area (Å²) in [7, 11) is 3.51. The van der Waals surface area contributed by atoms with Crippen LogP contribution in [0, 0.1) is 0 Å². The van der Waals surface area contributed by atoms with Gasteiger partial charge in [0.1, 0.15) is 5.82 Å². The van der Waals surface area contributed by atoms with Crippen LogP contribution in [-0.2, 0) is 11.2 Å². The molecule has 2 aromatic carbocycles. The van der Waals surface area contributed by atoms with Crippen LogP contribution >= 0.6 is 12.4 Å². The first kappa shape index (κ1) is 23.0. The molecule has 0 unspecified atom stereocenters. The first-order valence-corrected chi connectivity index (χ1v) is 9.46. The fraction of sp³-hybridized carbons (Fsp3) is 0.227. The van der Waals surface area contributed by atoms with E-state index in [1.807, 2.05) is 55.5 Å². The van der Waals surface area contributed by atoms with Crippen molar-refractivity contribution in [3.8, 4) is 0 Å². The number of hydrogen-bond donors (Lipinski definition) is 3. The number of carbonyl (C=O) groups is 2. The number of amides is 3. The van der Waals surface area contributed by atoms with Crippen LogP contribution < -0.4 is 16.0 Å². The van der Waals surface area contributed by atoms with Crippen molar-refractivity contribution in [2.75, 3.05) is 31.3 Å². The van der Waals surface area contributed by atoms with E-state index < -0.39 is 0 Å². The second-order valence-electron chi connectivity index (χ2n) is 6.87. The molecule has 7 nitrogen and oxygen atoms in total. The molecule has 1 aromatic heterocycles. The van der Waals surface area contributed by atoms with Crippen LogP contribution in [0.5, 0.6) is 0 Å². The lowest BCUT2D eigenvalue weighted by molar-refractivity contribution is -0.127. The van der Waals surface area contributed by atoms with Gasteiger partial charge < -0.3 is 15.5 Å². The minimum absolute atomic E-state index is 0. The quantitative estimate of drug-likeness (QED) is 0.551. The first-order chi connectivity index (χ1) is 14.0. The zero-order valence-electron chi connectivity index (χ0n) is 17.2. The predicted octanol–water partition coefficient (Wildman–Crippen LogP) is 4.17. The lowest BCUT2D eigenvalue weighted by Gasteiger charge is -2.13. The molecule has 0 atom stereocenters. The van der Waals surface area contributed by atoms with Crippen LogP contribution in [-0.4, -0.2) is 42.5 Å². The summed E-state index contributed by atoms with van der Waals surface area (Å²) in [5.41, 5.74) is 2.74. The van der Waals surface area contributed by atoms with Crippen LogP contribution in [0.25, 0.3) is 10.8 Å². The number of urea groups is 1. The summed E-state index contributed by atoms with van der Waals surface area (Å²) in [6.45, 7) is 2.41. The standard InChI is InChI=1S/C22H25N5O2.ClH/c1-4-23-22(29)26-20-13-16-8-6-10-19(18(16)14-24-20)25-17-9-5-7-15(11-17)12-21(28)27(2)3;/h5-11,13-14,25H,4,12H2,1-3H3,(H2,23,24,26,29);1H. The predicted molar refractivity (Wildman–Crippen MR) is 124 cm³/mol. The molecule has 3 amide bonds. The molecule has 0 aliphatic heterocycles. The Morgan fingerprint density at radius 2 is 1.83 bits per heavy atom. The van der Waals surface area contributed by atoms with Gasteiger partial charge in [0.25, 0.3) is 0 Å². The second-order valence-corrected chi connectivity index (χ2v) is 6.87. The highest BCUT2D eigenvalue weighted by molar-refractivity contribution is 5.97. The van der Waals surface area contributed by atoms with E-state index in [4.69, 9.17) is 0 Å². The zero-order chi connectivity index (χ0) is 20.8. The topological polar surface area (TPSA) is 86.4 Å². The maximum Gasteiger partial charge on any atom is 0.320 e. The van der Waals surface area contributed by atoms with Crippen LogP contribution in [0.15, 0.2) is 54.7 Å². The minimum Gasteiger partial charge on any atom is -0.355 e. The zero-order valence-corrected chi connectivity index (χ0v) is 18.0. The van der Waals surface area contributed by atoms with Crippen molar-refractivity contribution in [2.45, 2.75) is 13.3 Å². The molecule has 8 heteroatoms. The fourth-order valence-corrected chi connectivity index (χ4v) is 2.92. The van der Waals surface area contributed by atoms with Gasteiger partial charge in [-0.1, -0.05) is 24.3 Å². The molecular formula is C22H26ClN5O2. The van der Waals surface area contributed by atoms with E-state index in [0.29, 0.717) is 18.8 Å². The van der Waals surface area contributed by atoms with Gasteiger partial charge in [0, 0.05) is 43.6 Å². The summed E-state index contributed by atoms with van der Waals surface area (Å²) in [6.07, 6.45) is 2.09. The molecule has 3 rings (SSSR count). The first-order valence-electron chi connectivity index (χ1n) is 9.46. The van der Waals surface area contributed by atoms with Gasteiger partial charge in [0.2, 0.25) is 5.91 Å². The molecule has 30 heavy (non-hydrogen) atoms. The Hall–Kier alpha value is -3.32. The van der Waals surface area contributed by atoms with E-state index in [0.717, 1.165) is 27.7 Å². The van der Waals surface area contributed by atoms with E-state index >= 15 is 0 Å². The third-order valence-corrected chi connectivity index (χ3v) is 4.40. The average molecular weight is 428 g/mol. The smallest absolute Gasteiger partial charge is 0.320 e. The Kier molecular flexibility index (Phi) is 8.00. The maximum absolute atomic E-state index is 12.0. The Bertz CT molecular complexity index is 1040. The van der Waals surface area contributed by atoms with Gasteiger partial charge in [-0.3, -0.25) is 10.1 Å². The molecule has 0 aliphatic carbocycles. The fourth-order valence-electron chi connectivity index (χ4n) is 2.92. The average Bonchev–Trinajstić information content (AvgIpc) is 2.68. The van der Waals surface area contributed by atoms with Crippen molar-refractivity contribution in [3.63, 3.8) is 0 Å². The minimum atomic E-state index is -0.280. The van der Waals surface area contributed by atoms with Crippen molar-refractivity contribution in [1.82, 2.24) is 15.2 Å². The number of nitrogens with zero attached hydrogens (tertiary/aromatic N) is 2. The second kappa shape index (κ2) is 10.5. The van der Waals surface area contributed by atoms with E-state index in [1.165, 1.54) is 0 Å². The van der Waals surface area contributed by atoms with Crippen molar-refractivity contribution < 1.29 is 9.59 Å². The number of aromatic nitrogens is 1. The summed E-state index contributed by atoms with van der Waals surface area (Å²) in [6, 6.07) is 15.2. The largest absolute Gasteiger partial charge is 0.355 e. The van der Waals surface area contributed by atoms with Crippen LogP contribution in [0.4, 0.5) is 22.0 Å². The summed E-state index contributed by atoms with van der Waals surface area (Å²) in [4.78, 5) is 29.6. The number of fused-ring (bicyclic) bond motifs is 1. The highest BCUT2D eigenvalue weighted by Crippen LogP contribution is 2.27. The highest BCUT2D eigenvalue weighted by atomic mass is 35.5. The monoisotopic (exact) mass is 427 g/mol. The van der Waals surface area contributed by atoms with Crippen molar-refractivity contribution in [1.29, 1.82) is 0 Å². The number of halogens is 1. The molecule has 1 heterocycles. The van der Waals surface area contributed by atoms with Gasteiger partial charge >= 0.3 is 6.03 Å². The molecule has 0 aliphatic rings. The van der Waals surface area contributed by atoms with E-state index in [9.17, 15) is 9.59 Å². The molecule has 0 bridgehead atoms. The van der Waals surface area contributed by atoms with Crippen LogP contribution in [0.2, 0.25) is 0 Å². The van der Waals surface area contributed by atoms with Crippen molar-refractivity contribution in [2.24, 2.45) is 0 Å². The number of anilines is 3. The SMILES string of the molecule is CCNC(=O)Nc1cc2cccc(Nc3cccc(CC(=O)N(C)C)c3)c2cn1.Cl. The number of rotatable bonds is 6. The molecule has 158 valence electrons. The van der Waals surface area contributed by atoms with E-state index in [1.54, 1.807) is 25.2 Å². The van der Waals surface area contributed by atoms with Gasteiger partial charge in [-0.2, -0.15) is 0 Å². The third kappa shape index (κ3) is 5.84. The van der Waals surface area contributed by atoms with E-state index in [-0.39, 0.29) is 24.3 Å². The van der Waals surface area contributed by atoms with Crippen molar-refractivity contribution >= 4 is 52.3 Å². The molecule has 0 saturated heterocycles. The number of likely N-dealkylation sites (N-methyl/N-ethyl adjacent to an activating group) is 1. The van der Waals surface area contributed by atoms with Gasteiger partial charge in [-0.05, 0) is 42.1 Å². The molecule has 3 N–H and O–H groups in total. The summed E-state index contributed by atoms with van der Waals surface area (Å²) in [5.74, 6) is 0.549. The molecule has 0 saturated carbocycles. The Labute approximate surface area is 182 Å². The lowest BCUT2D eigenvalue weighted by Crippen LogP contribution is -2.28. The number of hydrogen-bond acceptors (Lipinski definition) is 4. The number of pyridine rings is 1. The van der Waals surface area contributed by atoms with Gasteiger partial charge in [-0.25, -0.2) is 9.78 Å². The summed E-state index contributed by atoms with van der Waals surface area (Å²) < 4.78 is 0. The molecule has 0 fully saturated rings. The number of nitrogens with one attached hydrogen (secondary N) is 3. The van der Waals surface area contributed by atoms with Gasteiger partial charge in [0.05, 0.1) is 6.42 Å². The van der Waals surface area contributed by atoms with Gasteiger partial charge in [-0.15, -0.1) is 12.4 Å². The summed E-state index contributed by atoms with van der Waals surface area (Å²) >= 11 is 0. The molecule has 0 spiro atoms. The van der Waals surface area contributed by atoms with Crippen molar-refractivity contribution in [3.05, 3.63) is 60.3 Å². The highest BCUT2D eigenvalue weighted by Gasteiger charge is 2.08. The number of benzene rings is 2.